The zero-order valence-electron chi connectivity index (χ0n) is 9.05. The van der Waals surface area contributed by atoms with Crippen molar-refractivity contribution in [1.29, 1.82) is 0 Å². The first-order valence-corrected chi connectivity index (χ1v) is 4.94. The molecule has 0 bridgehead atoms. The molecule has 0 heterocycles. The second kappa shape index (κ2) is 5.68. The molecule has 0 aromatic carbocycles. The first-order valence-electron chi connectivity index (χ1n) is 4.94. The summed E-state index contributed by atoms with van der Waals surface area (Å²) < 4.78 is 0. The van der Waals surface area contributed by atoms with E-state index in [0.29, 0.717) is 6.42 Å². The van der Waals surface area contributed by atoms with E-state index in [1.54, 1.807) is 13.2 Å². The molecule has 1 atom stereocenters. The largest absolute Gasteiger partial charge is 0.300 e. The van der Waals surface area contributed by atoms with E-state index in [0.717, 1.165) is 6.42 Å². The Morgan fingerprint density at radius 1 is 1.29 bits per heavy atom. The number of ketones is 2. The van der Waals surface area contributed by atoms with Crippen LogP contribution in [0, 0.1) is 5.41 Å². The summed E-state index contributed by atoms with van der Waals surface area (Å²) in [4.78, 5) is 33.4. The zero-order chi connectivity index (χ0) is 11.2. The highest BCUT2D eigenvalue weighted by Crippen LogP contribution is 2.22. The summed E-state index contributed by atoms with van der Waals surface area (Å²) in [5, 5.41) is 0. The summed E-state index contributed by atoms with van der Waals surface area (Å²) in [6, 6.07) is 0. The first kappa shape index (κ1) is 13.0. The summed E-state index contributed by atoms with van der Waals surface area (Å²) in [6.07, 6.45) is 3.13. The third-order valence-electron chi connectivity index (χ3n) is 2.24. The van der Waals surface area contributed by atoms with Gasteiger partial charge in [-0.25, -0.2) is 0 Å². The fourth-order valence-electron chi connectivity index (χ4n) is 1.34. The Labute approximate surface area is 84.9 Å². The van der Waals surface area contributed by atoms with Crippen LogP contribution in [0.3, 0.4) is 0 Å². The van der Waals surface area contributed by atoms with Crippen LogP contribution in [0.15, 0.2) is 0 Å². The fourth-order valence-corrected chi connectivity index (χ4v) is 1.34. The number of Topliss-reactive ketones (excluding diaryl/α,β-unsaturated/α-hetero) is 2. The van der Waals surface area contributed by atoms with Gasteiger partial charge in [-0.05, 0) is 13.3 Å². The zero-order valence-corrected chi connectivity index (χ0v) is 9.05. The Kier molecular flexibility index (Phi) is 5.28. The van der Waals surface area contributed by atoms with E-state index in [-0.39, 0.29) is 24.4 Å². The molecule has 0 saturated heterocycles. The summed E-state index contributed by atoms with van der Waals surface area (Å²) >= 11 is 0. The van der Waals surface area contributed by atoms with Crippen molar-refractivity contribution in [3.05, 3.63) is 0 Å². The maximum absolute atomic E-state index is 11.4. The predicted molar refractivity (Wildman–Crippen MR) is 53.6 cm³/mol. The van der Waals surface area contributed by atoms with Gasteiger partial charge in [-0.2, -0.15) is 0 Å². The van der Waals surface area contributed by atoms with Gasteiger partial charge in [0, 0.05) is 19.3 Å². The van der Waals surface area contributed by atoms with E-state index in [4.69, 9.17) is 0 Å². The van der Waals surface area contributed by atoms with Gasteiger partial charge in [0.1, 0.15) is 11.6 Å². The molecule has 0 fully saturated rings. The van der Waals surface area contributed by atoms with Gasteiger partial charge in [0.05, 0.1) is 5.41 Å². The molecule has 0 aliphatic carbocycles. The summed E-state index contributed by atoms with van der Waals surface area (Å²) in [7, 11) is 0. The normalized spacial score (nSPS) is 14.5. The number of carbonyl (C=O) groups excluding carboxylic acids is 3. The average Bonchev–Trinajstić information content (AvgIpc) is 2.16. The molecular weight excluding hydrogens is 180 g/mol. The number of hydrogen-bond donors (Lipinski definition) is 0. The summed E-state index contributed by atoms with van der Waals surface area (Å²) in [6.45, 7) is 5.06. The number of carbonyl (C=O) groups is 2. The molecular formula is C11H17O3. The van der Waals surface area contributed by atoms with Gasteiger partial charge in [-0.15, -0.1) is 0 Å². The van der Waals surface area contributed by atoms with Gasteiger partial charge in [-0.3, -0.25) is 14.4 Å². The smallest absolute Gasteiger partial charge is 0.213 e. The third kappa shape index (κ3) is 3.40. The van der Waals surface area contributed by atoms with Gasteiger partial charge < -0.3 is 0 Å². The van der Waals surface area contributed by atoms with Crippen molar-refractivity contribution in [3.63, 3.8) is 0 Å². The standard InChI is InChI=1S/C11H17O3/c1-4-6-9(13)7-11(3,8-12)10(14)5-2/h4-7H2,1-3H3. The molecule has 79 valence electrons. The van der Waals surface area contributed by atoms with Crippen LogP contribution in [0.5, 0.6) is 0 Å². The third-order valence-corrected chi connectivity index (χ3v) is 2.24. The minimum absolute atomic E-state index is 0.00296. The fraction of sp³-hybridized carbons (Fsp3) is 0.727. The Balaban J connectivity index is 4.47. The van der Waals surface area contributed by atoms with Crippen LogP contribution in [-0.4, -0.2) is 17.9 Å². The monoisotopic (exact) mass is 197 g/mol. The number of hydrogen-bond acceptors (Lipinski definition) is 3. The van der Waals surface area contributed by atoms with E-state index >= 15 is 0 Å². The van der Waals surface area contributed by atoms with Crippen LogP contribution in [-0.2, 0) is 14.4 Å². The van der Waals surface area contributed by atoms with Crippen LogP contribution >= 0.6 is 0 Å². The second-order valence-electron chi connectivity index (χ2n) is 3.68. The molecule has 0 aliphatic rings. The number of rotatable bonds is 7. The lowest BCUT2D eigenvalue weighted by molar-refractivity contribution is -0.129. The molecule has 0 aromatic rings. The summed E-state index contributed by atoms with van der Waals surface area (Å²) in [5.74, 6) is -0.253. The molecule has 0 N–H and O–H groups in total. The molecule has 3 heteroatoms. The average molecular weight is 197 g/mol. The minimum Gasteiger partial charge on any atom is -0.300 e. The van der Waals surface area contributed by atoms with Gasteiger partial charge >= 0.3 is 0 Å². The lowest BCUT2D eigenvalue weighted by atomic mass is 9.80. The van der Waals surface area contributed by atoms with Crippen molar-refractivity contribution in [1.82, 2.24) is 0 Å². The molecule has 0 saturated carbocycles. The molecule has 14 heavy (non-hydrogen) atoms. The van der Waals surface area contributed by atoms with E-state index in [1.165, 1.54) is 6.92 Å². The molecule has 1 radical (unpaired) electrons. The van der Waals surface area contributed by atoms with Crippen LogP contribution < -0.4 is 0 Å². The van der Waals surface area contributed by atoms with Crippen molar-refractivity contribution in [2.75, 3.05) is 0 Å². The van der Waals surface area contributed by atoms with Crippen molar-refractivity contribution in [2.45, 2.75) is 46.5 Å². The molecule has 1 unspecified atom stereocenters. The lowest BCUT2D eigenvalue weighted by Gasteiger charge is -2.18. The Bertz CT molecular complexity index is 233. The molecule has 0 amide bonds. The molecule has 3 nitrogen and oxygen atoms in total. The maximum atomic E-state index is 11.4. The highest BCUT2D eigenvalue weighted by molar-refractivity contribution is 6.01. The predicted octanol–water partition coefficient (Wildman–Crippen LogP) is 1.84. The lowest BCUT2D eigenvalue weighted by Crippen LogP contribution is -2.31. The Hall–Kier alpha value is -0.990. The van der Waals surface area contributed by atoms with Crippen molar-refractivity contribution >= 4 is 17.9 Å². The van der Waals surface area contributed by atoms with Gasteiger partial charge in [0.25, 0.3) is 0 Å². The van der Waals surface area contributed by atoms with Gasteiger partial charge in [0.15, 0.2) is 0 Å². The van der Waals surface area contributed by atoms with E-state index < -0.39 is 5.41 Å². The summed E-state index contributed by atoms with van der Waals surface area (Å²) in [5.41, 5.74) is -1.22. The maximum Gasteiger partial charge on any atom is 0.213 e. The van der Waals surface area contributed by atoms with Crippen molar-refractivity contribution in [2.24, 2.45) is 5.41 Å². The Morgan fingerprint density at radius 2 is 1.86 bits per heavy atom. The van der Waals surface area contributed by atoms with Gasteiger partial charge in [-0.1, -0.05) is 13.8 Å². The SMILES string of the molecule is CCCC(=O)CC(C)([C]=O)C(=O)CC. The molecule has 0 rings (SSSR count). The van der Waals surface area contributed by atoms with Gasteiger partial charge in [0.2, 0.25) is 6.29 Å². The first-order chi connectivity index (χ1) is 6.50. The van der Waals surface area contributed by atoms with E-state index in [9.17, 15) is 14.4 Å². The van der Waals surface area contributed by atoms with Crippen molar-refractivity contribution in [3.8, 4) is 0 Å². The second-order valence-corrected chi connectivity index (χ2v) is 3.68. The van der Waals surface area contributed by atoms with E-state index in [1.807, 2.05) is 6.92 Å². The van der Waals surface area contributed by atoms with Crippen LogP contribution in [0.2, 0.25) is 0 Å². The highest BCUT2D eigenvalue weighted by Gasteiger charge is 2.34. The molecule has 0 spiro atoms. The molecule has 0 aromatic heterocycles. The molecule has 0 aliphatic heterocycles. The van der Waals surface area contributed by atoms with Crippen LogP contribution in [0.25, 0.3) is 0 Å². The minimum atomic E-state index is -1.22. The topological polar surface area (TPSA) is 51.2 Å². The van der Waals surface area contributed by atoms with Crippen LogP contribution in [0.1, 0.15) is 46.5 Å². The quantitative estimate of drug-likeness (QED) is 0.585. The van der Waals surface area contributed by atoms with E-state index in [2.05, 4.69) is 0 Å². The Morgan fingerprint density at radius 3 is 2.21 bits per heavy atom. The van der Waals surface area contributed by atoms with Crippen molar-refractivity contribution < 1.29 is 14.4 Å². The highest BCUT2D eigenvalue weighted by atomic mass is 16.1. The van der Waals surface area contributed by atoms with Crippen LogP contribution in [0.4, 0.5) is 0 Å².